The summed E-state index contributed by atoms with van der Waals surface area (Å²) in [5.41, 5.74) is 0.511. The molecular formula is C10H10Cl2I2O3. The van der Waals surface area contributed by atoms with E-state index in [1.54, 1.807) is 63.4 Å². The van der Waals surface area contributed by atoms with Gasteiger partial charge in [-0.05, 0) is 45.2 Å². The molecule has 0 fully saturated rings. The van der Waals surface area contributed by atoms with Crippen LogP contribution in [-0.2, 0) is 7.22 Å². The molecule has 0 saturated heterocycles. The summed E-state index contributed by atoms with van der Waals surface area (Å²) in [5, 5.41) is 30.1. The number of phenolic OH excluding ortho intramolecular Hbond substituents is 1. The second-order valence-electron chi connectivity index (χ2n) is 3.49. The van der Waals surface area contributed by atoms with E-state index < -0.39 is 7.22 Å². The molecule has 0 bridgehead atoms. The average molecular weight is 503 g/mol. The first-order chi connectivity index (χ1) is 7.76. The van der Waals surface area contributed by atoms with Crippen molar-refractivity contribution in [3.8, 4) is 5.75 Å². The smallest absolute Gasteiger partial charge is 0.158 e. The Labute approximate surface area is 136 Å². The van der Waals surface area contributed by atoms with Gasteiger partial charge in [-0.25, -0.2) is 0 Å². The van der Waals surface area contributed by atoms with Crippen molar-refractivity contribution in [1.82, 2.24) is 0 Å². The summed E-state index contributed by atoms with van der Waals surface area (Å²) < 4.78 is -2.78. The van der Waals surface area contributed by atoms with Gasteiger partial charge in [0, 0.05) is 11.1 Å². The van der Waals surface area contributed by atoms with Crippen LogP contribution >= 0.6 is 68.4 Å². The maximum Gasteiger partial charge on any atom is 0.158 e. The highest BCUT2D eigenvalue weighted by Gasteiger charge is 2.34. The lowest BCUT2D eigenvalue weighted by Gasteiger charge is -2.25. The number of hydrogen-bond donors (Lipinski definition) is 3. The van der Waals surface area contributed by atoms with Crippen molar-refractivity contribution in [2.24, 2.45) is 0 Å². The van der Waals surface area contributed by atoms with E-state index in [1.807, 2.05) is 0 Å². The van der Waals surface area contributed by atoms with Crippen molar-refractivity contribution >= 4 is 68.4 Å². The summed E-state index contributed by atoms with van der Waals surface area (Å²) in [5.74, 6) is -0.349. The molecule has 0 heterocycles. The van der Waals surface area contributed by atoms with Gasteiger partial charge in [0.2, 0.25) is 0 Å². The highest BCUT2D eigenvalue weighted by molar-refractivity contribution is 14.1. The van der Waals surface area contributed by atoms with E-state index in [0.717, 1.165) is 0 Å². The average Bonchev–Trinajstić information content (AvgIpc) is 2.28. The molecule has 0 aliphatic rings. The molecule has 17 heavy (non-hydrogen) atoms. The van der Waals surface area contributed by atoms with Gasteiger partial charge in [-0.1, -0.05) is 18.2 Å². The Morgan fingerprint density at radius 2 is 1.35 bits per heavy atom. The first-order valence-corrected chi connectivity index (χ1v) is 7.76. The van der Waals surface area contributed by atoms with Crippen LogP contribution in [0.1, 0.15) is 11.1 Å². The molecule has 0 aromatic heterocycles. The van der Waals surface area contributed by atoms with Crippen molar-refractivity contribution in [2.45, 2.75) is 7.22 Å². The van der Waals surface area contributed by atoms with Crippen LogP contribution in [0.4, 0.5) is 0 Å². The van der Waals surface area contributed by atoms with Gasteiger partial charge in [-0.2, -0.15) is 0 Å². The van der Waals surface area contributed by atoms with Crippen LogP contribution in [0.15, 0.2) is 18.2 Å². The minimum Gasteiger partial charge on any atom is -0.507 e. The maximum atomic E-state index is 10.1. The Bertz CT molecular complexity index is 376. The van der Waals surface area contributed by atoms with Gasteiger partial charge in [0.1, 0.15) is 5.75 Å². The Morgan fingerprint density at radius 1 is 1.00 bits per heavy atom. The molecule has 1 rings (SSSR count). The summed E-state index contributed by atoms with van der Waals surface area (Å²) in [6.07, 6.45) is 0. The van der Waals surface area contributed by atoms with Gasteiger partial charge in [0.05, 0.1) is 11.8 Å². The highest BCUT2D eigenvalue weighted by Crippen LogP contribution is 2.43. The molecule has 2 unspecified atom stereocenters. The minimum atomic E-state index is -1.39. The molecule has 0 amide bonds. The third-order valence-electron chi connectivity index (χ3n) is 2.22. The molecule has 1 aromatic carbocycles. The number of aromatic hydroxyl groups is 1. The van der Waals surface area contributed by atoms with Gasteiger partial charge in [0.25, 0.3) is 0 Å². The molecule has 0 spiro atoms. The van der Waals surface area contributed by atoms with Gasteiger partial charge in [-0.15, -0.1) is 23.2 Å². The summed E-state index contributed by atoms with van der Waals surface area (Å²) in [4.78, 5) is 0. The number of halogens is 4. The summed E-state index contributed by atoms with van der Waals surface area (Å²) >= 11 is 14.8. The van der Waals surface area contributed by atoms with Crippen LogP contribution in [0.5, 0.6) is 5.75 Å². The summed E-state index contributed by atoms with van der Waals surface area (Å²) in [7, 11) is 0. The lowest BCUT2D eigenvalue weighted by atomic mass is 10.0. The lowest BCUT2D eigenvalue weighted by Crippen LogP contribution is -2.23. The first kappa shape index (κ1) is 16.0. The molecule has 0 radical (unpaired) electrons. The molecule has 7 heteroatoms. The standard InChI is InChI=1S/C10H10Cl2I2O3/c11-4-9(13,16)6-2-1-3-7(8(6)15)10(14,17)5-12/h1-3,15-17H,4-5H2. The van der Waals surface area contributed by atoms with Crippen LogP contribution in [-0.4, -0.2) is 27.1 Å². The molecule has 2 atom stereocenters. The molecule has 3 nitrogen and oxygen atoms in total. The number of phenols is 1. The van der Waals surface area contributed by atoms with Gasteiger partial charge >= 0.3 is 0 Å². The summed E-state index contributed by atoms with van der Waals surface area (Å²) in [6, 6.07) is 4.72. The van der Waals surface area contributed by atoms with Crippen molar-refractivity contribution in [3.63, 3.8) is 0 Å². The zero-order chi connectivity index (χ0) is 13.3. The topological polar surface area (TPSA) is 60.7 Å². The largest absolute Gasteiger partial charge is 0.507 e. The predicted octanol–water partition coefficient (Wildman–Crippen LogP) is 3.03. The molecule has 1 aromatic rings. The van der Waals surface area contributed by atoms with Crippen molar-refractivity contribution in [1.29, 1.82) is 0 Å². The van der Waals surface area contributed by atoms with Crippen LogP contribution in [0.25, 0.3) is 0 Å². The highest BCUT2D eigenvalue weighted by atomic mass is 127. The number of benzene rings is 1. The van der Waals surface area contributed by atoms with Gasteiger partial charge in [0.15, 0.2) is 7.22 Å². The number of hydrogen-bond acceptors (Lipinski definition) is 3. The normalized spacial score (nSPS) is 18.5. The SMILES string of the molecule is Oc1c(C(O)(I)CCl)cccc1C(O)(I)CCl. The third kappa shape index (κ3) is 3.50. The number of rotatable bonds is 4. The predicted molar refractivity (Wildman–Crippen MR) is 85.4 cm³/mol. The zero-order valence-electron chi connectivity index (χ0n) is 8.50. The second-order valence-corrected chi connectivity index (χ2v) is 7.59. The van der Waals surface area contributed by atoms with E-state index in [9.17, 15) is 15.3 Å². The van der Waals surface area contributed by atoms with E-state index in [1.165, 1.54) is 0 Å². The summed E-state index contributed by atoms with van der Waals surface area (Å²) in [6.45, 7) is 0. The van der Waals surface area contributed by atoms with E-state index in [2.05, 4.69) is 0 Å². The van der Waals surface area contributed by atoms with E-state index in [0.29, 0.717) is 0 Å². The van der Waals surface area contributed by atoms with Crippen molar-refractivity contribution < 1.29 is 15.3 Å². The Balaban J connectivity index is 3.36. The molecule has 0 aliphatic carbocycles. The lowest BCUT2D eigenvalue weighted by molar-refractivity contribution is 0.168. The Hall–Kier alpha value is 0.980. The Kier molecular flexibility index (Phi) is 5.62. The second kappa shape index (κ2) is 5.96. The van der Waals surface area contributed by atoms with E-state index in [4.69, 9.17) is 23.2 Å². The van der Waals surface area contributed by atoms with Crippen LogP contribution in [0.2, 0.25) is 0 Å². The first-order valence-electron chi connectivity index (χ1n) is 4.53. The van der Waals surface area contributed by atoms with Crippen molar-refractivity contribution in [2.75, 3.05) is 11.8 Å². The molecule has 3 N–H and O–H groups in total. The third-order valence-corrected chi connectivity index (χ3v) is 5.82. The molecule has 0 aliphatic heterocycles. The molecule has 96 valence electrons. The quantitative estimate of drug-likeness (QED) is 0.438. The van der Waals surface area contributed by atoms with Crippen LogP contribution in [0, 0.1) is 0 Å². The number of aliphatic hydroxyl groups is 2. The monoisotopic (exact) mass is 502 g/mol. The number of alkyl halides is 4. The van der Waals surface area contributed by atoms with E-state index >= 15 is 0 Å². The van der Waals surface area contributed by atoms with Crippen LogP contribution in [0.3, 0.4) is 0 Å². The number of para-hydroxylation sites is 1. The fraction of sp³-hybridized carbons (Fsp3) is 0.400. The molecule has 0 saturated carbocycles. The zero-order valence-corrected chi connectivity index (χ0v) is 14.3. The molecular weight excluding hydrogens is 493 g/mol. The fourth-order valence-corrected chi connectivity index (χ4v) is 2.46. The minimum absolute atomic E-state index is 0.0783. The van der Waals surface area contributed by atoms with Crippen LogP contribution < -0.4 is 0 Å². The Morgan fingerprint density at radius 3 is 1.65 bits per heavy atom. The van der Waals surface area contributed by atoms with Crippen molar-refractivity contribution in [3.05, 3.63) is 29.3 Å². The van der Waals surface area contributed by atoms with Gasteiger partial charge < -0.3 is 15.3 Å². The fourth-order valence-electron chi connectivity index (χ4n) is 1.31. The van der Waals surface area contributed by atoms with E-state index in [-0.39, 0.29) is 28.6 Å². The maximum absolute atomic E-state index is 10.1. The van der Waals surface area contributed by atoms with Gasteiger partial charge in [-0.3, -0.25) is 0 Å².